The highest BCUT2D eigenvalue weighted by Gasteiger charge is 2.41. The maximum absolute atomic E-state index is 12.0. The number of carboxylic acid groups (broad SMARTS) is 1. The van der Waals surface area contributed by atoms with Gasteiger partial charge in [0.15, 0.2) is 0 Å². The van der Waals surface area contributed by atoms with Gasteiger partial charge in [-0.25, -0.2) is 0 Å². The lowest BCUT2D eigenvalue weighted by molar-refractivity contribution is -0.155. The Morgan fingerprint density at radius 1 is 1.32 bits per heavy atom. The molecule has 1 atom stereocenters. The van der Waals surface area contributed by atoms with Gasteiger partial charge in [-0.15, -0.1) is 0 Å². The Morgan fingerprint density at radius 2 is 2.05 bits per heavy atom. The number of carbonyl (C=O) groups excluding carboxylic acids is 1. The first-order valence-corrected chi connectivity index (χ1v) is 7.14. The first-order valence-electron chi connectivity index (χ1n) is 7.14. The monoisotopic (exact) mass is 271 g/mol. The zero-order valence-corrected chi connectivity index (χ0v) is 12.0. The quantitative estimate of drug-likeness (QED) is 0.718. The van der Waals surface area contributed by atoms with Gasteiger partial charge in [0.1, 0.15) is 0 Å². The van der Waals surface area contributed by atoms with Crippen LogP contribution in [0.5, 0.6) is 0 Å². The van der Waals surface area contributed by atoms with Gasteiger partial charge in [-0.1, -0.05) is 13.8 Å². The van der Waals surface area contributed by atoms with Gasteiger partial charge in [0.25, 0.3) is 0 Å². The number of carboxylic acids is 1. The van der Waals surface area contributed by atoms with Crippen LogP contribution in [0.15, 0.2) is 0 Å². The summed E-state index contributed by atoms with van der Waals surface area (Å²) in [7, 11) is 0. The van der Waals surface area contributed by atoms with Crippen LogP contribution in [0.4, 0.5) is 0 Å². The van der Waals surface area contributed by atoms with E-state index in [0.717, 1.165) is 12.8 Å². The molecule has 110 valence electrons. The number of amides is 1. The number of carbonyl (C=O) groups is 2. The van der Waals surface area contributed by atoms with E-state index in [1.807, 2.05) is 13.8 Å². The Hall–Kier alpha value is -1.10. The molecular weight excluding hydrogens is 246 g/mol. The smallest absolute Gasteiger partial charge is 0.311 e. The molecule has 0 aromatic rings. The zero-order valence-electron chi connectivity index (χ0n) is 12.0. The second kappa shape index (κ2) is 7.48. The van der Waals surface area contributed by atoms with Crippen molar-refractivity contribution < 1.29 is 19.4 Å². The SMILES string of the molecule is CCCOCCC(=O)N1CCCC(CC)(C(=O)O)C1. The van der Waals surface area contributed by atoms with Gasteiger partial charge in [-0.05, 0) is 25.7 Å². The van der Waals surface area contributed by atoms with Crippen LogP contribution in [-0.4, -0.2) is 48.2 Å². The standard InChI is InChI=1S/C14H25NO4/c1-3-9-19-10-6-12(16)15-8-5-7-14(4-2,11-15)13(17)18/h3-11H2,1-2H3,(H,17,18). The van der Waals surface area contributed by atoms with Crippen LogP contribution in [0.2, 0.25) is 0 Å². The Bertz CT molecular complexity index is 319. The summed E-state index contributed by atoms with van der Waals surface area (Å²) in [4.78, 5) is 25.1. The molecule has 1 amide bonds. The highest BCUT2D eigenvalue weighted by molar-refractivity contribution is 5.79. The Kier molecular flexibility index (Phi) is 6.28. The van der Waals surface area contributed by atoms with Crippen molar-refractivity contribution in [1.29, 1.82) is 0 Å². The van der Waals surface area contributed by atoms with E-state index in [9.17, 15) is 14.7 Å². The molecule has 0 spiro atoms. The molecule has 0 aromatic heterocycles. The van der Waals surface area contributed by atoms with Crippen LogP contribution in [0.3, 0.4) is 0 Å². The molecule has 0 radical (unpaired) electrons. The highest BCUT2D eigenvalue weighted by atomic mass is 16.5. The molecule has 19 heavy (non-hydrogen) atoms. The molecule has 5 heteroatoms. The van der Waals surface area contributed by atoms with Crippen molar-refractivity contribution in [3.8, 4) is 0 Å². The number of hydrogen-bond acceptors (Lipinski definition) is 3. The minimum Gasteiger partial charge on any atom is -0.481 e. The summed E-state index contributed by atoms with van der Waals surface area (Å²) in [5.41, 5.74) is -0.752. The molecule has 0 saturated carbocycles. The Balaban J connectivity index is 2.49. The average Bonchev–Trinajstić information content (AvgIpc) is 2.43. The van der Waals surface area contributed by atoms with Gasteiger partial charge in [0.2, 0.25) is 5.91 Å². The lowest BCUT2D eigenvalue weighted by Gasteiger charge is -2.39. The molecule has 1 aliphatic rings. The van der Waals surface area contributed by atoms with E-state index < -0.39 is 11.4 Å². The van der Waals surface area contributed by atoms with Crippen molar-refractivity contribution in [2.24, 2.45) is 5.41 Å². The van der Waals surface area contributed by atoms with Gasteiger partial charge in [-0.3, -0.25) is 9.59 Å². The molecule has 0 aliphatic carbocycles. The van der Waals surface area contributed by atoms with Crippen LogP contribution in [0.25, 0.3) is 0 Å². The Labute approximate surface area is 114 Å². The number of nitrogens with zero attached hydrogens (tertiary/aromatic N) is 1. The molecule has 0 aromatic carbocycles. The van der Waals surface area contributed by atoms with E-state index in [1.165, 1.54) is 0 Å². The number of ether oxygens (including phenoxy) is 1. The largest absolute Gasteiger partial charge is 0.481 e. The van der Waals surface area contributed by atoms with E-state index >= 15 is 0 Å². The first kappa shape index (κ1) is 16.0. The molecule has 1 saturated heterocycles. The first-order chi connectivity index (χ1) is 9.05. The molecule has 1 heterocycles. The van der Waals surface area contributed by atoms with E-state index in [0.29, 0.717) is 45.6 Å². The molecular formula is C14H25NO4. The minimum atomic E-state index is -0.783. The topological polar surface area (TPSA) is 66.8 Å². The summed E-state index contributed by atoms with van der Waals surface area (Å²) in [6, 6.07) is 0. The van der Waals surface area contributed by atoms with Crippen molar-refractivity contribution in [1.82, 2.24) is 4.90 Å². The van der Waals surface area contributed by atoms with Crippen LogP contribution in [-0.2, 0) is 14.3 Å². The number of aliphatic carboxylic acids is 1. The second-order valence-corrected chi connectivity index (χ2v) is 5.22. The summed E-state index contributed by atoms with van der Waals surface area (Å²) >= 11 is 0. The van der Waals surface area contributed by atoms with E-state index in [-0.39, 0.29) is 5.91 Å². The summed E-state index contributed by atoms with van der Waals surface area (Å²) in [6.45, 7) is 6.01. The van der Waals surface area contributed by atoms with Gasteiger partial charge in [-0.2, -0.15) is 0 Å². The van der Waals surface area contributed by atoms with Crippen molar-refractivity contribution in [3.63, 3.8) is 0 Å². The van der Waals surface area contributed by atoms with E-state index in [4.69, 9.17) is 4.74 Å². The van der Waals surface area contributed by atoms with Gasteiger partial charge in [0.05, 0.1) is 18.4 Å². The number of rotatable bonds is 7. The lowest BCUT2D eigenvalue weighted by Crippen LogP contribution is -2.49. The van der Waals surface area contributed by atoms with Crippen molar-refractivity contribution in [2.45, 2.75) is 46.0 Å². The fourth-order valence-electron chi connectivity index (χ4n) is 2.52. The maximum Gasteiger partial charge on any atom is 0.311 e. The van der Waals surface area contributed by atoms with E-state index in [2.05, 4.69) is 0 Å². The molecule has 1 fully saturated rings. The number of hydrogen-bond donors (Lipinski definition) is 1. The van der Waals surface area contributed by atoms with Crippen LogP contribution < -0.4 is 0 Å². The molecule has 1 N–H and O–H groups in total. The number of piperidine rings is 1. The van der Waals surface area contributed by atoms with Gasteiger partial charge in [0, 0.05) is 19.7 Å². The fraction of sp³-hybridized carbons (Fsp3) is 0.857. The normalized spacial score (nSPS) is 23.4. The average molecular weight is 271 g/mol. The summed E-state index contributed by atoms with van der Waals surface area (Å²) in [6.07, 6.45) is 3.28. The summed E-state index contributed by atoms with van der Waals surface area (Å²) < 4.78 is 5.31. The van der Waals surface area contributed by atoms with Crippen LogP contribution >= 0.6 is 0 Å². The summed E-state index contributed by atoms with van der Waals surface area (Å²) in [5, 5.41) is 9.37. The number of likely N-dealkylation sites (tertiary alicyclic amines) is 1. The fourth-order valence-corrected chi connectivity index (χ4v) is 2.52. The molecule has 1 unspecified atom stereocenters. The predicted octanol–water partition coefficient (Wildman–Crippen LogP) is 1.91. The highest BCUT2D eigenvalue weighted by Crippen LogP contribution is 2.33. The van der Waals surface area contributed by atoms with E-state index in [1.54, 1.807) is 4.90 Å². The van der Waals surface area contributed by atoms with Crippen LogP contribution in [0, 0.1) is 5.41 Å². The summed E-state index contributed by atoms with van der Waals surface area (Å²) in [5.74, 6) is -0.774. The maximum atomic E-state index is 12.0. The third kappa shape index (κ3) is 4.20. The second-order valence-electron chi connectivity index (χ2n) is 5.22. The lowest BCUT2D eigenvalue weighted by atomic mass is 9.77. The molecule has 1 rings (SSSR count). The molecule has 1 aliphatic heterocycles. The van der Waals surface area contributed by atoms with Gasteiger partial charge < -0.3 is 14.7 Å². The van der Waals surface area contributed by atoms with Crippen LogP contribution in [0.1, 0.15) is 46.0 Å². The Morgan fingerprint density at radius 3 is 2.63 bits per heavy atom. The molecule has 0 bridgehead atoms. The zero-order chi connectivity index (χ0) is 14.3. The third-order valence-corrected chi connectivity index (χ3v) is 3.87. The van der Waals surface area contributed by atoms with Crippen molar-refractivity contribution in [2.75, 3.05) is 26.3 Å². The van der Waals surface area contributed by atoms with Crippen molar-refractivity contribution >= 4 is 11.9 Å². The molecule has 5 nitrogen and oxygen atoms in total. The third-order valence-electron chi connectivity index (χ3n) is 3.87. The van der Waals surface area contributed by atoms with Gasteiger partial charge >= 0.3 is 5.97 Å². The predicted molar refractivity (Wildman–Crippen MR) is 71.9 cm³/mol. The minimum absolute atomic E-state index is 0.00915. The van der Waals surface area contributed by atoms with Crippen molar-refractivity contribution in [3.05, 3.63) is 0 Å².